The standard InChI is InChI=1S/C24H16N4O3/c25-24(30)31-18-9-10-20-21(12-18)28-23(27-20)15-7-5-14(6-8-15)22(29)17-11-16-3-1-2-4-19(16)26-13-17/h1-13H,(H2,25,30)(H,27,28). The minimum Gasteiger partial charge on any atom is -0.410 e. The zero-order valence-electron chi connectivity index (χ0n) is 16.2. The van der Waals surface area contributed by atoms with Crippen molar-refractivity contribution in [3.8, 4) is 17.1 Å². The summed E-state index contributed by atoms with van der Waals surface area (Å²) in [6.07, 6.45) is 0.723. The number of para-hydroxylation sites is 1. The van der Waals surface area contributed by atoms with Crippen LogP contribution in [-0.2, 0) is 0 Å². The quantitative estimate of drug-likeness (QED) is 0.426. The summed E-state index contributed by atoms with van der Waals surface area (Å²) in [5.74, 6) is 0.864. The molecule has 0 atom stereocenters. The zero-order valence-corrected chi connectivity index (χ0v) is 16.2. The lowest BCUT2D eigenvalue weighted by Crippen LogP contribution is -2.16. The van der Waals surface area contributed by atoms with Gasteiger partial charge in [0.05, 0.1) is 16.6 Å². The smallest absolute Gasteiger partial charge is 0.409 e. The predicted molar refractivity (Wildman–Crippen MR) is 117 cm³/mol. The summed E-state index contributed by atoms with van der Waals surface area (Å²) < 4.78 is 4.89. The summed E-state index contributed by atoms with van der Waals surface area (Å²) in [4.78, 5) is 35.9. The Bertz CT molecular complexity index is 1460. The van der Waals surface area contributed by atoms with Crippen molar-refractivity contribution in [1.29, 1.82) is 0 Å². The summed E-state index contributed by atoms with van der Waals surface area (Å²) >= 11 is 0. The number of hydrogen-bond donors (Lipinski definition) is 2. The molecule has 0 fully saturated rings. The molecule has 2 aromatic heterocycles. The molecule has 0 unspecified atom stereocenters. The Morgan fingerprint density at radius 3 is 2.48 bits per heavy atom. The summed E-state index contributed by atoms with van der Waals surface area (Å²) in [5.41, 5.74) is 9.25. The van der Waals surface area contributed by atoms with E-state index in [1.54, 1.807) is 36.5 Å². The number of ether oxygens (including phenoxy) is 1. The van der Waals surface area contributed by atoms with Gasteiger partial charge in [0.1, 0.15) is 11.6 Å². The Hall–Kier alpha value is -4.52. The van der Waals surface area contributed by atoms with E-state index in [1.165, 1.54) is 0 Å². The number of primary amides is 1. The first-order valence-electron chi connectivity index (χ1n) is 9.54. The van der Waals surface area contributed by atoms with Crippen LogP contribution in [0.4, 0.5) is 4.79 Å². The van der Waals surface area contributed by atoms with E-state index in [9.17, 15) is 9.59 Å². The maximum absolute atomic E-state index is 12.9. The zero-order chi connectivity index (χ0) is 21.4. The van der Waals surface area contributed by atoms with Crippen molar-refractivity contribution in [3.05, 3.63) is 90.1 Å². The molecule has 3 aromatic carbocycles. The van der Waals surface area contributed by atoms with Crippen molar-refractivity contribution < 1.29 is 14.3 Å². The molecule has 1 amide bonds. The van der Waals surface area contributed by atoms with Gasteiger partial charge in [0.2, 0.25) is 0 Å². The summed E-state index contributed by atoms with van der Waals surface area (Å²) in [5, 5.41) is 0.923. The first kappa shape index (κ1) is 18.5. The molecule has 0 bridgehead atoms. The van der Waals surface area contributed by atoms with Gasteiger partial charge in [-0.25, -0.2) is 9.78 Å². The molecule has 5 aromatic rings. The van der Waals surface area contributed by atoms with E-state index < -0.39 is 6.09 Å². The van der Waals surface area contributed by atoms with Crippen molar-refractivity contribution in [2.45, 2.75) is 0 Å². The number of nitrogens with two attached hydrogens (primary N) is 1. The summed E-state index contributed by atoms with van der Waals surface area (Å²) in [7, 11) is 0. The largest absolute Gasteiger partial charge is 0.410 e. The fraction of sp³-hybridized carbons (Fsp3) is 0. The highest BCUT2D eigenvalue weighted by molar-refractivity contribution is 6.10. The van der Waals surface area contributed by atoms with Crippen molar-refractivity contribution in [2.75, 3.05) is 0 Å². The van der Waals surface area contributed by atoms with E-state index in [0.717, 1.165) is 22.0 Å². The molecule has 7 nitrogen and oxygen atoms in total. The number of carbonyl (C=O) groups is 2. The SMILES string of the molecule is NC(=O)Oc1ccc2[nH]c(-c3ccc(C(=O)c4cnc5ccccc5c4)cc3)nc2c1. The number of nitrogens with one attached hydrogen (secondary N) is 1. The molecule has 0 aliphatic carbocycles. The maximum atomic E-state index is 12.9. The predicted octanol–water partition coefficient (Wildman–Crippen LogP) is 4.47. The third-order valence-electron chi connectivity index (χ3n) is 4.95. The topological polar surface area (TPSA) is 111 Å². The number of H-pyrrole nitrogens is 1. The van der Waals surface area contributed by atoms with Crippen LogP contribution in [0.3, 0.4) is 0 Å². The first-order chi connectivity index (χ1) is 15.1. The Kier molecular flexibility index (Phi) is 4.41. The van der Waals surface area contributed by atoms with E-state index in [-0.39, 0.29) is 5.78 Å². The van der Waals surface area contributed by atoms with Crippen LogP contribution in [0.15, 0.2) is 79.0 Å². The van der Waals surface area contributed by atoms with Crippen LogP contribution in [0.1, 0.15) is 15.9 Å². The van der Waals surface area contributed by atoms with Crippen molar-refractivity contribution in [1.82, 2.24) is 15.0 Å². The van der Waals surface area contributed by atoms with E-state index >= 15 is 0 Å². The number of ketones is 1. The molecule has 3 N–H and O–H groups in total. The lowest BCUT2D eigenvalue weighted by molar-refractivity contribution is 0.103. The van der Waals surface area contributed by atoms with Gasteiger partial charge in [-0.15, -0.1) is 0 Å². The van der Waals surface area contributed by atoms with E-state index in [0.29, 0.717) is 28.2 Å². The molecule has 5 rings (SSSR count). The highest BCUT2D eigenvalue weighted by Gasteiger charge is 2.12. The Labute approximate surface area is 176 Å². The summed E-state index contributed by atoms with van der Waals surface area (Å²) in [6.45, 7) is 0. The minimum absolute atomic E-state index is 0.0948. The summed E-state index contributed by atoms with van der Waals surface area (Å²) in [6, 6.07) is 21.8. The fourth-order valence-corrected chi connectivity index (χ4v) is 3.44. The molecule has 150 valence electrons. The third kappa shape index (κ3) is 3.60. The van der Waals surface area contributed by atoms with E-state index in [2.05, 4.69) is 15.0 Å². The number of aromatic amines is 1. The molecule has 0 spiro atoms. The number of fused-ring (bicyclic) bond motifs is 2. The maximum Gasteiger partial charge on any atom is 0.409 e. The van der Waals surface area contributed by atoms with Gasteiger partial charge in [0.25, 0.3) is 0 Å². The van der Waals surface area contributed by atoms with Crippen LogP contribution >= 0.6 is 0 Å². The first-order valence-corrected chi connectivity index (χ1v) is 9.54. The molecule has 0 saturated carbocycles. The number of amides is 1. The number of hydrogen-bond acceptors (Lipinski definition) is 5. The average molecular weight is 408 g/mol. The second-order valence-corrected chi connectivity index (χ2v) is 7.01. The van der Waals surface area contributed by atoms with Crippen LogP contribution in [0.5, 0.6) is 5.75 Å². The van der Waals surface area contributed by atoms with Crippen molar-refractivity contribution in [3.63, 3.8) is 0 Å². The van der Waals surface area contributed by atoms with Crippen LogP contribution in [0.25, 0.3) is 33.3 Å². The lowest BCUT2D eigenvalue weighted by Gasteiger charge is -2.04. The highest BCUT2D eigenvalue weighted by Crippen LogP contribution is 2.25. The van der Waals surface area contributed by atoms with Gasteiger partial charge in [-0.2, -0.15) is 0 Å². The molecule has 31 heavy (non-hydrogen) atoms. The molecular weight excluding hydrogens is 392 g/mol. The molecule has 7 heteroatoms. The van der Waals surface area contributed by atoms with Gasteiger partial charge in [0, 0.05) is 34.3 Å². The third-order valence-corrected chi connectivity index (χ3v) is 4.95. The van der Waals surface area contributed by atoms with Gasteiger partial charge in [0.15, 0.2) is 5.78 Å². The average Bonchev–Trinajstić information content (AvgIpc) is 3.21. The molecule has 2 heterocycles. The number of pyridine rings is 1. The number of imidazole rings is 1. The van der Waals surface area contributed by atoms with Gasteiger partial charge in [-0.1, -0.05) is 42.5 Å². The van der Waals surface area contributed by atoms with Gasteiger partial charge in [-0.3, -0.25) is 9.78 Å². The Morgan fingerprint density at radius 1 is 0.871 bits per heavy atom. The minimum atomic E-state index is -0.878. The van der Waals surface area contributed by atoms with Crippen LogP contribution in [0.2, 0.25) is 0 Å². The number of aromatic nitrogens is 3. The fourth-order valence-electron chi connectivity index (χ4n) is 3.44. The number of rotatable bonds is 4. The Morgan fingerprint density at radius 2 is 1.68 bits per heavy atom. The molecule has 0 aliphatic rings. The Balaban J connectivity index is 1.42. The molecule has 0 aliphatic heterocycles. The highest BCUT2D eigenvalue weighted by atomic mass is 16.5. The van der Waals surface area contributed by atoms with Crippen LogP contribution in [-0.4, -0.2) is 26.8 Å². The molecule has 0 saturated heterocycles. The van der Waals surface area contributed by atoms with E-state index in [1.807, 2.05) is 42.5 Å². The second kappa shape index (κ2) is 7.38. The number of nitrogens with zero attached hydrogens (tertiary/aromatic N) is 2. The second-order valence-electron chi connectivity index (χ2n) is 7.01. The van der Waals surface area contributed by atoms with Gasteiger partial charge >= 0.3 is 6.09 Å². The van der Waals surface area contributed by atoms with Crippen LogP contribution < -0.4 is 10.5 Å². The van der Waals surface area contributed by atoms with Gasteiger partial charge < -0.3 is 15.5 Å². The monoisotopic (exact) mass is 408 g/mol. The molecular formula is C24H16N4O3. The number of benzene rings is 3. The van der Waals surface area contributed by atoms with Crippen molar-refractivity contribution in [2.24, 2.45) is 5.73 Å². The van der Waals surface area contributed by atoms with Crippen LogP contribution in [0, 0.1) is 0 Å². The van der Waals surface area contributed by atoms with Gasteiger partial charge in [-0.05, 0) is 24.3 Å². The van der Waals surface area contributed by atoms with Crippen molar-refractivity contribution >= 4 is 33.8 Å². The number of carbonyl (C=O) groups excluding carboxylic acids is 2. The molecule has 0 radical (unpaired) electrons. The normalized spacial score (nSPS) is 11.0. The lowest BCUT2D eigenvalue weighted by atomic mass is 10.0. The van der Waals surface area contributed by atoms with E-state index in [4.69, 9.17) is 10.5 Å².